The predicted molar refractivity (Wildman–Crippen MR) is 99.4 cm³/mol. The van der Waals surface area contributed by atoms with E-state index in [0.717, 1.165) is 50.5 Å². The Kier molecular flexibility index (Phi) is 4.52. The van der Waals surface area contributed by atoms with Crippen LogP contribution in [0.15, 0.2) is 23.5 Å². The first-order valence-corrected chi connectivity index (χ1v) is 10.1. The van der Waals surface area contributed by atoms with Crippen LogP contribution < -0.4 is 10.6 Å². The normalized spacial score (nSPS) is 26.7. The van der Waals surface area contributed by atoms with Crippen molar-refractivity contribution in [3.63, 3.8) is 0 Å². The van der Waals surface area contributed by atoms with Crippen LogP contribution in [0.1, 0.15) is 19.3 Å². The van der Waals surface area contributed by atoms with Crippen molar-refractivity contribution in [2.45, 2.75) is 19.3 Å². The molecule has 1 atom stereocenters. The third-order valence-corrected chi connectivity index (χ3v) is 6.75. The van der Waals surface area contributed by atoms with E-state index in [1.165, 1.54) is 30.8 Å². The van der Waals surface area contributed by atoms with Crippen LogP contribution in [0.3, 0.4) is 0 Å². The maximum atomic E-state index is 6.25. The number of aromatic nitrogens is 2. The van der Waals surface area contributed by atoms with Gasteiger partial charge in [0.15, 0.2) is 5.96 Å². The maximum Gasteiger partial charge on any atom is 0.225 e. The fourth-order valence-corrected chi connectivity index (χ4v) is 5.28. The van der Waals surface area contributed by atoms with Crippen LogP contribution in [-0.2, 0) is 0 Å². The number of anilines is 1. The minimum Gasteiger partial charge on any atom is -0.370 e. The molecule has 1 aliphatic carbocycles. The maximum absolute atomic E-state index is 6.25. The van der Waals surface area contributed by atoms with Crippen LogP contribution in [0.25, 0.3) is 0 Å². The van der Waals surface area contributed by atoms with Crippen molar-refractivity contribution in [2.24, 2.45) is 22.1 Å². The monoisotopic (exact) mass is 346 g/mol. The van der Waals surface area contributed by atoms with Gasteiger partial charge in [0.05, 0.1) is 0 Å². The molecule has 6 nitrogen and oxygen atoms in total. The highest BCUT2D eigenvalue weighted by Crippen LogP contribution is 2.60. The van der Waals surface area contributed by atoms with Crippen molar-refractivity contribution in [2.75, 3.05) is 49.1 Å². The second kappa shape index (κ2) is 6.78. The van der Waals surface area contributed by atoms with E-state index in [1.807, 2.05) is 6.07 Å². The summed E-state index contributed by atoms with van der Waals surface area (Å²) < 4.78 is 0. The average molecular weight is 347 g/mol. The third kappa shape index (κ3) is 3.31. The molecule has 2 saturated heterocycles. The fourth-order valence-electron chi connectivity index (χ4n) is 3.97. The quantitative estimate of drug-likeness (QED) is 0.660. The van der Waals surface area contributed by atoms with Gasteiger partial charge in [-0.3, -0.25) is 4.99 Å². The van der Waals surface area contributed by atoms with Crippen molar-refractivity contribution in [1.82, 2.24) is 14.9 Å². The lowest BCUT2D eigenvalue weighted by Crippen LogP contribution is -2.51. The molecule has 3 heterocycles. The molecule has 2 N–H and O–H groups in total. The lowest BCUT2D eigenvalue weighted by molar-refractivity contribution is 0.376. The smallest absolute Gasteiger partial charge is 0.225 e. The Balaban J connectivity index is 1.26. The molecule has 1 unspecified atom stereocenters. The van der Waals surface area contributed by atoms with Gasteiger partial charge in [-0.2, -0.15) is 11.8 Å². The molecule has 2 aliphatic heterocycles. The predicted octanol–water partition coefficient (Wildman–Crippen LogP) is 1.45. The molecule has 4 rings (SSSR count). The Morgan fingerprint density at radius 1 is 1.21 bits per heavy atom. The minimum absolute atomic E-state index is 0.623. The first-order valence-electron chi connectivity index (χ1n) is 8.91. The molecule has 1 spiro atoms. The van der Waals surface area contributed by atoms with E-state index >= 15 is 0 Å². The number of nitrogens with zero attached hydrogens (tertiary/aromatic N) is 5. The number of thioether (sulfide) groups is 1. The zero-order valence-electron chi connectivity index (χ0n) is 14.1. The highest BCUT2D eigenvalue weighted by Gasteiger charge is 2.53. The van der Waals surface area contributed by atoms with E-state index in [4.69, 9.17) is 10.7 Å². The lowest BCUT2D eigenvalue weighted by Gasteiger charge is -2.35. The number of hydrogen-bond donors (Lipinski definition) is 1. The van der Waals surface area contributed by atoms with Crippen molar-refractivity contribution in [3.05, 3.63) is 18.5 Å². The van der Waals surface area contributed by atoms with Gasteiger partial charge in [0.1, 0.15) is 0 Å². The Morgan fingerprint density at radius 2 is 1.92 bits per heavy atom. The van der Waals surface area contributed by atoms with Gasteiger partial charge in [0.25, 0.3) is 0 Å². The lowest BCUT2D eigenvalue weighted by atomic mass is 9.96. The molecule has 0 amide bonds. The standard InChI is InChI=1S/C17H26N6S/c18-15(21-13-14-12-17(14)2-10-24-11-3-17)22-6-8-23(9-7-22)16-19-4-1-5-20-16/h1,4-5,14H,2-3,6-13H2,(H2,18,21). The largest absolute Gasteiger partial charge is 0.370 e. The summed E-state index contributed by atoms with van der Waals surface area (Å²) in [6, 6.07) is 1.85. The van der Waals surface area contributed by atoms with Crippen LogP contribution in [-0.4, -0.2) is 65.1 Å². The first-order chi connectivity index (χ1) is 11.8. The van der Waals surface area contributed by atoms with Crippen LogP contribution in [0.2, 0.25) is 0 Å². The number of piperazine rings is 1. The second-order valence-electron chi connectivity index (χ2n) is 7.10. The summed E-state index contributed by atoms with van der Waals surface area (Å²) >= 11 is 2.10. The molecule has 7 heteroatoms. The number of hydrogen-bond acceptors (Lipinski definition) is 5. The van der Waals surface area contributed by atoms with Crippen LogP contribution in [0.4, 0.5) is 5.95 Å². The summed E-state index contributed by atoms with van der Waals surface area (Å²) in [5.74, 6) is 4.97. The molecular weight excluding hydrogens is 320 g/mol. The summed E-state index contributed by atoms with van der Waals surface area (Å²) in [5, 5.41) is 0. The Bertz CT molecular complexity index is 578. The molecule has 24 heavy (non-hydrogen) atoms. The van der Waals surface area contributed by atoms with Crippen LogP contribution in [0, 0.1) is 11.3 Å². The van der Waals surface area contributed by atoms with Gasteiger partial charge >= 0.3 is 0 Å². The molecule has 0 bridgehead atoms. The first kappa shape index (κ1) is 16.0. The number of aliphatic imine (C=N–C) groups is 1. The molecule has 1 aromatic rings. The van der Waals surface area contributed by atoms with Crippen molar-refractivity contribution in [3.8, 4) is 0 Å². The van der Waals surface area contributed by atoms with E-state index < -0.39 is 0 Å². The molecule has 0 radical (unpaired) electrons. The Labute approximate surface area is 147 Å². The van der Waals surface area contributed by atoms with Gasteiger partial charge in [0, 0.05) is 45.1 Å². The van der Waals surface area contributed by atoms with Crippen molar-refractivity contribution >= 4 is 23.7 Å². The molecule has 1 aromatic heterocycles. The summed E-state index contributed by atoms with van der Waals surface area (Å²) in [7, 11) is 0. The topological polar surface area (TPSA) is 70.6 Å². The second-order valence-corrected chi connectivity index (χ2v) is 8.32. The Hall–Kier alpha value is -1.50. The number of guanidine groups is 1. The summed E-state index contributed by atoms with van der Waals surface area (Å²) in [4.78, 5) is 17.8. The highest BCUT2D eigenvalue weighted by atomic mass is 32.2. The molecule has 0 aromatic carbocycles. The van der Waals surface area contributed by atoms with E-state index in [0.29, 0.717) is 5.41 Å². The summed E-state index contributed by atoms with van der Waals surface area (Å²) in [6.45, 7) is 4.48. The van der Waals surface area contributed by atoms with Gasteiger partial charge < -0.3 is 15.5 Å². The zero-order chi connectivity index (χ0) is 16.4. The van der Waals surface area contributed by atoms with E-state index in [9.17, 15) is 0 Å². The van der Waals surface area contributed by atoms with E-state index in [2.05, 4.69) is 31.5 Å². The van der Waals surface area contributed by atoms with Crippen molar-refractivity contribution in [1.29, 1.82) is 0 Å². The average Bonchev–Trinajstić information content (AvgIpc) is 3.32. The number of nitrogens with two attached hydrogens (primary N) is 1. The van der Waals surface area contributed by atoms with Gasteiger partial charge in [-0.1, -0.05) is 0 Å². The van der Waals surface area contributed by atoms with E-state index in [1.54, 1.807) is 12.4 Å². The van der Waals surface area contributed by atoms with Crippen LogP contribution >= 0.6 is 11.8 Å². The zero-order valence-corrected chi connectivity index (χ0v) is 14.9. The molecule has 1 saturated carbocycles. The van der Waals surface area contributed by atoms with E-state index in [-0.39, 0.29) is 0 Å². The number of rotatable bonds is 3. The van der Waals surface area contributed by atoms with Gasteiger partial charge in [0.2, 0.25) is 5.95 Å². The third-order valence-electron chi connectivity index (χ3n) is 5.76. The molecular formula is C17H26N6S. The SMILES string of the molecule is NC(=NCC1CC12CCSCC2)N1CCN(c2ncccn2)CC1. The minimum atomic E-state index is 0.623. The van der Waals surface area contributed by atoms with Gasteiger partial charge in [-0.05, 0) is 48.2 Å². The Morgan fingerprint density at radius 3 is 2.62 bits per heavy atom. The van der Waals surface area contributed by atoms with Gasteiger partial charge in [-0.15, -0.1) is 0 Å². The molecule has 3 aliphatic rings. The van der Waals surface area contributed by atoms with Gasteiger partial charge in [-0.25, -0.2) is 9.97 Å². The highest BCUT2D eigenvalue weighted by molar-refractivity contribution is 7.99. The summed E-state index contributed by atoms with van der Waals surface area (Å²) in [6.07, 6.45) is 7.71. The van der Waals surface area contributed by atoms with Crippen LogP contribution in [0.5, 0.6) is 0 Å². The van der Waals surface area contributed by atoms with Crippen molar-refractivity contribution < 1.29 is 0 Å². The molecule has 130 valence electrons. The summed E-state index contributed by atoms with van der Waals surface area (Å²) in [5.41, 5.74) is 6.87. The fraction of sp³-hybridized carbons (Fsp3) is 0.706. The molecule has 3 fully saturated rings.